The number of guanidine groups is 1. The number of hydrogen-bond donors (Lipinski definition) is 1. The van der Waals surface area contributed by atoms with Gasteiger partial charge in [-0.15, -0.1) is 0 Å². The highest BCUT2D eigenvalue weighted by molar-refractivity contribution is 5.80. The third-order valence-corrected chi connectivity index (χ3v) is 5.12. The second kappa shape index (κ2) is 10.4. The molecule has 0 spiro atoms. The monoisotopic (exact) mass is 376 g/mol. The van der Waals surface area contributed by atoms with Crippen LogP contribution in [-0.4, -0.2) is 70.3 Å². The fraction of sp³-hybridized carbons (Fsp3) is 0.667. The van der Waals surface area contributed by atoms with E-state index in [0.29, 0.717) is 6.54 Å². The van der Waals surface area contributed by atoms with Gasteiger partial charge in [0.15, 0.2) is 17.5 Å². The Morgan fingerprint density at radius 2 is 2.04 bits per heavy atom. The summed E-state index contributed by atoms with van der Waals surface area (Å²) in [5.74, 6) is 3.25. The van der Waals surface area contributed by atoms with E-state index in [4.69, 9.17) is 14.5 Å². The standard InChI is InChI=1S/C21H36N4O2/c1-7-22-21(25-12-8-9-16(2)15-25)23-14-18(24(3)4)17-10-11-19(26-5)20(13-17)27-6/h10-11,13,16,18H,7-9,12,14-15H2,1-6H3,(H,22,23). The van der Waals surface area contributed by atoms with Gasteiger partial charge in [0.05, 0.1) is 26.8 Å². The molecule has 2 unspecified atom stereocenters. The van der Waals surface area contributed by atoms with Crippen molar-refractivity contribution in [3.8, 4) is 11.5 Å². The van der Waals surface area contributed by atoms with Crippen LogP contribution >= 0.6 is 0 Å². The lowest BCUT2D eigenvalue weighted by atomic mass is 10.0. The molecule has 1 fully saturated rings. The third kappa shape index (κ3) is 5.76. The molecule has 1 aliphatic rings. The zero-order chi connectivity index (χ0) is 19.8. The summed E-state index contributed by atoms with van der Waals surface area (Å²) in [4.78, 5) is 9.59. The van der Waals surface area contributed by atoms with Gasteiger partial charge in [-0.05, 0) is 57.5 Å². The van der Waals surface area contributed by atoms with Gasteiger partial charge in [0, 0.05) is 19.6 Å². The molecule has 0 radical (unpaired) electrons. The topological polar surface area (TPSA) is 49.3 Å². The summed E-state index contributed by atoms with van der Waals surface area (Å²) in [6.07, 6.45) is 2.54. The molecule has 0 amide bonds. The molecule has 1 aliphatic heterocycles. The predicted octanol–water partition coefficient (Wildman–Crippen LogP) is 3.00. The van der Waals surface area contributed by atoms with Crippen LogP contribution in [0.3, 0.4) is 0 Å². The molecule has 27 heavy (non-hydrogen) atoms. The van der Waals surface area contributed by atoms with Crippen LogP contribution < -0.4 is 14.8 Å². The number of nitrogens with zero attached hydrogens (tertiary/aromatic N) is 3. The van der Waals surface area contributed by atoms with Gasteiger partial charge in [0.2, 0.25) is 0 Å². The largest absolute Gasteiger partial charge is 0.493 e. The van der Waals surface area contributed by atoms with Crippen LogP contribution in [-0.2, 0) is 0 Å². The summed E-state index contributed by atoms with van der Waals surface area (Å²) >= 11 is 0. The molecule has 1 N–H and O–H groups in total. The van der Waals surface area contributed by atoms with Crippen LogP contribution in [0.5, 0.6) is 11.5 Å². The summed E-state index contributed by atoms with van der Waals surface area (Å²) in [6.45, 7) is 8.18. The molecule has 6 nitrogen and oxygen atoms in total. The summed E-state index contributed by atoms with van der Waals surface area (Å²) in [6, 6.07) is 6.28. The van der Waals surface area contributed by atoms with Crippen LogP contribution in [0.25, 0.3) is 0 Å². The Bertz CT molecular complexity index is 618. The average molecular weight is 377 g/mol. The highest BCUT2D eigenvalue weighted by atomic mass is 16.5. The summed E-state index contributed by atoms with van der Waals surface area (Å²) in [5, 5.41) is 3.47. The fourth-order valence-corrected chi connectivity index (χ4v) is 3.61. The van der Waals surface area contributed by atoms with E-state index in [9.17, 15) is 0 Å². The Labute approximate surface area is 164 Å². The zero-order valence-electron chi connectivity index (χ0n) is 17.8. The van der Waals surface area contributed by atoms with Crippen molar-refractivity contribution in [2.45, 2.75) is 32.7 Å². The highest BCUT2D eigenvalue weighted by Gasteiger charge is 2.21. The number of likely N-dealkylation sites (tertiary alicyclic amines) is 1. The first kappa shape index (κ1) is 21.4. The number of methoxy groups -OCH3 is 2. The van der Waals surface area contributed by atoms with Crippen molar-refractivity contribution in [1.82, 2.24) is 15.1 Å². The van der Waals surface area contributed by atoms with Crippen molar-refractivity contribution in [2.24, 2.45) is 10.9 Å². The molecule has 2 rings (SSSR count). The highest BCUT2D eigenvalue weighted by Crippen LogP contribution is 2.31. The van der Waals surface area contributed by atoms with E-state index in [2.05, 4.69) is 55.2 Å². The van der Waals surface area contributed by atoms with Crippen LogP contribution in [0, 0.1) is 5.92 Å². The minimum atomic E-state index is 0.167. The maximum absolute atomic E-state index is 5.48. The van der Waals surface area contributed by atoms with Crippen LogP contribution in [0.1, 0.15) is 38.3 Å². The Morgan fingerprint density at radius 3 is 2.63 bits per heavy atom. The molecule has 1 heterocycles. The Balaban J connectivity index is 2.21. The van der Waals surface area contributed by atoms with E-state index in [1.807, 2.05) is 6.07 Å². The SMILES string of the molecule is CCNC(=NCC(c1ccc(OC)c(OC)c1)N(C)C)N1CCCC(C)C1. The van der Waals surface area contributed by atoms with Gasteiger partial charge < -0.3 is 24.6 Å². The minimum absolute atomic E-state index is 0.167. The summed E-state index contributed by atoms with van der Waals surface area (Å²) in [7, 11) is 7.51. The van der Waals surface area contributed by atoms with Crippen molar-refractivity contribution in [3.63, 3.8) is 0 Å². The van der Waals surface area contributed by atoms with E-state index in [-0.39, 0.29) is 6.04 Å². The molecule has 152 valence electrons. The van der Waals surface area contributed by atoms with Crippen LogP contribution in [0.2, 0.25) is 0 Å². The van der Waals surface area contributed by atoms with Crippen molar-refractivity contribution in [3.05, 3.63) is 23.8 Å². The molecule has 1 aromatic rings. The lowest BCUT2D eigenvalue weighted by Crippen LogP contribution is -2.46. The van der Waals surface area contributed by atoms with Gasteiger partial charge in [-0.3, -0.25) is 4.99 Å². The molecule has 0 aliphatic carbocycles. The van der Waals surface area contributed by atoms with E-state index in [0.717, 1.165) is 43.0 Å². The Morgan fingerprint density at radius 1 is 1.30 bits per heavy atom. The third-order valence-electron chi connectivity index (χ3n) is 5.12. The van der Waals surface area contributed by atoms with Gasteiger partial charge in [-0.2, -0.15) is 0 Å². The lowest BCUT2D eigenvalue weighted by molar-refractivity contribution is 0.263. The van der Waals surface area contributed by atoms with E-state index in [1.165, 1.54) is 18.4 Å². The normalized spacial score (nSPS) is 19.1. The van der Waals surface area contributed by atoms with E-state index < -0.39 is 0 Å². The predicted molar refractivity (Wildman–Crippen MR) is 112 cm³/mol. The molecule has 0 bridgehead atoms. The van der Waals surface area contributed by atoms with Crippen molar-refractivity contribution < 1.29 is 9.47 Å². The number of likely N-dealkylation sites (N-methyl/N-ethyl adjacent to an activating group) is 1. The maximum atomic E-state index is 5.48. The van der Waals surface area contributed by atoms with Crippen molar-refractivity contribution in [1.29, 1.82) is 0 Å². The molecular weight excluding hydrogens is 340 g/mol. The number of ether oxygens (including phenoxy) is 2. The van der Waals surface area contributed by atoms with Gasteiger partial charge in [0.1, 0.15) is 0 Å². The quantitative estimate of drug-likeness (QED) is 0.586. The molecule has 1 aromatic carbocycles. The second-order valence-electron chi connectivity index (χ2n) is 7.48. The first-order valence-electron chi connectivity index (χ1n) is 9.91. The summed E-state index contributed by atoms with van der Waals surface area (Å²) < 4.78 is 10.8. The lowest BCUT2D eigenvalue weighted by Gasteiger charge is -2.34. The van der Waals surface area contributed by atoms with E-state index >= 15 is 0 Å². The molecular formula is C21H36N4O2. The van der Waals surface area contributed by atoms with E-state index in [1.54, 1.807) is 14.2 Å². The molecule has 1 saturated heterocycles. The number of benzene rings is 1. The summed E-state index contributed by atoms with van der Waals surface area (Å²) in [5.41, 5.74) is 1.17. The number of rotatable bonds is 7. The molecule has 6 heteroatoms. The Hall–Kier alpha value is -1.95. The number of nitrogens with one attached hydrogen (secondary N) is 1. The smallest absolute Gasteiger partial charge is 0.193 e. The van der Waals surface area contributed by atoms with Gasteiger partial charge in [0.25, 0.3) is 0 Å². The number of piperidine rings is 1. The number of hydrogen-bond acceptors (Lipinski definition) is 4. The minimum Gasteiger partial charge on any atom is -0.493 e. The molecule has 0 saturated carbocycles. The van der Waals surface area contributed by atoms with Gasteiger partial charge in [-0.1, -0.05) is 13.0 Å². The fourth-order valence-electron chi connectivity index (χ4n) is 3.61. The van der Waals surface area contributed by atoms with Gasteiger partial charge in [-0.25, -0.2) is 0 Å². The molecule has 2 atom stereocenters. The first-order valence-corrected chi connectivity index (χ1v) is 9.91. The van der Waals surface area contributed by atoms with Gasteiger partial charge >= 0.3 is 0 Å². The number of aliphatic imine (C=N–C) groups is 1. The zero-order valence-corrected chi connectivity index (χ0v) is 17.8. The average Bonchev–Trinajstić information content (AvgIpc) is 2.66. The maximum Gasteiger partial charge on any atom is 0.193 e. The van der Waals surface area contributed by atoms with Crippen molar-refractivity contribution >= 4 is 5.96 Å². The molecule has 0 aromatic heterocycles. The van der Waals surface area contributed by atoms with Crippen LogP contribution in [0.4, 0.5) is 0 Å². The van der Waals surface area contributed by atoms with Crippen LogP contribution in [0.15, 0.2) is 23.2 Å². The van der Waals surface area contributed by atoms with Crippen molar-refractivity contribution in [2.75, 3.05) is 54.5 Å². The first-order chi connectivity index (χ1) is 13.0. The second-order valence-corrected chi connectivity index (χ2v) is 7.48. The Kier molecular flexibility index (Phi) is 8.23.